The van der Waals surface area contributed by atoms with Crippen molar-refractivity contribution in [1.29, 1.82) is 0 Å². The highest BCUT2D eigenvalue weighted by Crippen LogP contribution is 2.14. The van der Waals surface area contributed by atoms with E-state index in [1.807, 2.05) is 26.1 Å². The Hall–Kier alpha value is -1.59. The minimum absolute atomic E-state index is 0.0498. The van der Waals surface area contributed by atoms with Crippen molar-refractivity contribution in [1.82, 2.24) is 10.2 Å². The van der Waals surface area contributed by atoms with Crippen LogP contribution in [0.4, 0.5) is 5.69 Å². The molecule has 1 aromatic rings. The fraction of sp³-hybridized carbons (Fsp3) is 0.462. The van der Waals surface area contributed by atoms with Crippen LogP contribution in [0.1, 0.15) is 22.8 Å². The Bertz CT molecular complexity index is 406. The number of hydrazine groups is 1. The quantitative estimate of drug-likeness (QED) is 0.519. The lowest BCUT2D eigenvalue weighted by Crippen LogP contribution is -2.32. The molecule has 0 bridgehead atoms. The van der Waals surface area contributed by atoms with Crippen molar-refractivity contribution in [3.05, 3.63) is 29.3 Å². The molecule has 0 atom stereocenters. The van der Waals surface area contributed by atoms with E-state index in [4.69, 9.17) is 5.84 Å². The number of hydrogen-bond donors (Lipinski definition) is 3. The molecule has 0 aliphatic rings. The highest BCUT2D eigenvalue weighted by molar-refractivity contribution is 5.94. The molecule has 0 saturated carbocycles. The van der Waals surface area contributed by atoms with Gasteiger partial charge in [0.25, 0.3) is 5.91 Å². The van der Waals surface area contributed by atoms with Gasteiger partial charge in [-0.2, -0.15) is 0 Å². The smallest absolute Gasteiger partial charge is 0.251 e. The fourth-order valence-electron chi connectivity index (χ4n) is 1.59. The molecule has 0 spiro atoms. The van der Waals surface area contributed by atoms with Gasteiger partial charge in [-0.05, 0) is 44.3 Å². The first-order valence-corrected chi connectivity index (χ1v) is 6.12. The summed E-state index contributed by atoms with van der Waals surface area (Å²) in [6.45, 7) is 6.48. The zero-order valence-electron chi connectivity index (χ0n) is 11.3. The number of rotatable bonds is 6. The van der Waals surface area contributed by atoms with E-state index in [0.29, 0.717) is 12.1 Å². The second kappa shape index (κ2) is 6.98. The fourth-order valence-corrected chi connectivity index (χ4v) is 1.59. The Morgan fingerprint density at radius 3 is 2.72 bits per heavy atom. The standard InChI is InChI=1S/C13H22N4O/c1-4-17(3)8-7-15-13(18)11-5-6-12(16-14)10(2)9-11/h5-6,9,16H,4,7-8,14H2,1-3H3,(H,15,18). The van der Waals surface area contributed by atoms with Gasteiger partial charge in [-0.25, -0.2) is 0 Å². The molecule has 1 amide bonds. The predicted octanol–water partition coefficient (Wildman–Crippen LogP) is 0.962. The van der Waals surface area contributed by atoms with Gasteiger partial charge in [-0.15, -0.1) is 0 Å². The van der Waals surface area contributed by atoms with E-state index in [-0.39, 0.29) is 5.91 Å². The van der Waals surface area contributed by atoms with Crippen LogP contribution in [0.25, 0.3) is 0 Å². The van der Waals surface area contributed by atoms with Crippen LogP contribution in [0.15, 0.2) is 18.2 Å². The average molecular weight is 250 g/mol. The minimum atomic E-state index is -0.0498. The van der Waals surface area contributed by atoms with Crippen LogP contribution in [-0.2, 0) is 0 Å². The summed E-state index contributed by atoms with van der Waals surface area (Å²) >= 11 is 0. The van der Waals surface area contributed by atoms with Crippen molar-refractivity contribution in [2.75, 3.05) is 32.1 Å². The number of likely N-dealkylation sites (N-methyl/N-ethyl adjacent to an activating group) is 1. The first-order chi connectivity index (χ1) is 8.58. The molecule has 5 heteroatoms. The van der Waals surface area contributed by atoms with E-state index in [0.717, 1.165) is 24.3 Å². The minimum Gasteiger partial charge on any atom is -0.351 e. The molecule has 4 N–H and O–H groups in total. The van der Waals surface area contributed by atoms with E-state index in [1.54, 1.807) is 6.07 Å². The lowest BCUT2D eigenvalue weighted by Gasteiger charge is -2.14. The number of anilines is 1. The van der Waals surface area contributed by atoms with Gasteiger partial charge in [-0.1, -0.05) is 6.92 Å². The Labute approximate surface area is 108 Å². The number of hydrogen-bond acceptors (Lipinski definition) is 4. The molecule has 0 heterocycles. The topological polar surface area (TPSA) is 70.4 Å². The van der Waals surface area contributed by atoms with Crippen LogP contribution >= 0.6 is 0 Å². The number of nitrogens with two attached hydrogens (primary N) is 1. The summed E-state index contributed by atoms with van der Waals surface area (Å²) in [5, 5.41) is 2.90. The van der Waals surface area contributed by atoms with Crippen LogP contribution in [-0.4, -0.2) is 37.5 Å². The number of nitrogens with zero attached hydrogens (tertiary/aromatic N) is 1. The van der Waals surface area contributed by atoms with Gasteiger partial charge in [0.05, 0.1) is 5.69 Å². The third-order valence-electron chi connectivity index (χ3n) is 2.96. The molecule has 0 aliphatic heterocycles. The van der Waals surface area contributed by atoms with E-state index >= 15 is 0 Å². The first kappa shape index (κ1) is 14.5. The maximum absolute atomic E-state index is 11.9. The summed E-state index contributed by atoms with van der Waals surface area (Å²) in [5.74, 6) is 5.30. The second-order valence-corrected chi connectivity index (χ2v) is 4.33. The van der Waals surface area contributed by atoms with E-state index in [9.17, 15) is 4.79 Å². The number of benzene rings is 1. The van der Waals surface area contributed by atoms with Gasteiger partial charge in [0.1, 0.15) is 0 Å². The summed E-state index contributed by atoms with van der Waals surface area (Å²) in [6, 6.07) is 5.40. The van der Waals surface area contributed by atoms with E-state index in [1.165, 1.54) is 0 Å². The number of nitrogen functional groups attached to an aromatic ring is 1. The Morgan fingerprint density at radius 1 is 1.44 bits per heavy atom. The molecule has 0 saturated heterocycles. The normalized spacial score (nSPS) is 10.5. The van der Waals surface area contributed by atoms with Gasteiger partial charge < -0.3 is 15.6 Å². The Morgan fingerprint density at radius 2 is 2.17 bits per heavy atom. The monoisotopic (exact) mass is 250 g/mol. The van der Waals surface area contributed by atoms with Crippen molar-refractivity contribution in [3.8, 4) is 0 Å². The Balaban J connectivity index is 2.54. The lowest BCUT2D eigenvalue weighted by atomic mass is 10.1. The molecule has 5 nitrogen and oxygen atoms in total. The number of nitrogens with one attached hydrogen (secondary N) is 2. The summed E-state index contributed by atoms with van der Waals surface area (Å²) in [7, 11) is 2.03. The number of aryl methyl sites for hydroxylation is 1. The highest BCUT2D eigenvalue weighted by Gasteiger charge is 2.07. The zero-order chi connectivity index (χ0) is 13.5. The zero-order valence-corrected chi connectivity index (χ0v) is 11.3. The predicted molar refractivity (Wildman–Crippen MR) is 74.5 cm³/mol. The number of carbonyl (C=O) groups excluding carboxylic acids is 1. The van der Waals surface area contributed by atoms with E-state index < -0.39 is 0 Å². The SMILES string of the molecule is CCN(C)CCNC(=O)c1ccc(NN)c(C)c1. The van der Waals surface area contributed by atoms with Gasteiger partial charge in [0.2, 0.25) is 0 Å². The van der Waals surface area contributed by atoms with Crippen LogP contribution in [0.2, 0.25) is 0 Å². The molecule has 1 rings (SSSR count). The van der Waals surface area contributed by atoms with Crippen molar-refractivity contribution in [2.45, 2.75) is 13.8 Å². The second-order valence-electron chi connectivity index (χ2n) is 4.33. The third kappa shape index (κ3) is 4.01. The molecule has 1 aromatic carbocycles. The lowest BCUT2D eigenvalue weighted by molar-refractivity contribution is 0.0950. The van der Waals surface area contributed by atoms with Crippen LogP contribution < -0.4 is 16.6 Å². The highest BCUT2D eigenvalue weighted by atomic mass is 16.1. The van der Waals surface area contributed by atoms with Crippen molar-refractivity contribution in [3.63, 3.8) is 0 Å². The summed E-state index contributed by atoms with van der Waals surface area (Å²) < 4.78 is 0. The van der Waals surface area contributed by atoms with E-state index in [2.05, 4.69) is 22.6 Å². The first-order valence-electron chi connectivity index (χ1n) is 6.12. The molecule has 0 aromatic heterocycles. The van der Waals surface area contributed by atoms with Gasteiger partial charge in [0.15, 0.2) is 0 Å². The maximum atomic E-state index is 11.9. The molecule has 0 aliphatic carbocycles. The largest absolute Gasteiger partial charge is 0.351 e. The molecule has 0 radical (unpaired) electrons. The van der Waals surface area contributed by atoms with Crippen molar-refractivity contribution in [2.24, 2.45) is 5.84 Å². The van der Waals surface area contributed by atoms with Gasteiger partial charge in [0, 0.05) is 18.7 Å². The van der Waals surface area contributed by atoms with Gasteiger partial charge >= 0.3 is 0 Å². The van der Waals surface area contributed by atoms with Crippen LogP contribution in [0.3, 0.4) is 0 Å². The van der Waals surface area contributed by atoms with Gasteiger partial charge in [-0.3, -0.25) is 10.6 Å². The summed E-state index contributed by atoms with van der Waals surface area (Å²) in [6.07, 6.45) is 0. The molecular formula is C13H22N4O. The average Bonchev–Trinajstić information content (AvgIpc) is 2.38. The molecule has 18 heavy (non-hydrogen) atoms. The molecule has 0 unspecified atom stereocenters. The summed E-state index contributed by atoms with van der Waals surface area (Å²) in [5.41, 5.74) is 5.03. The van der Waals surface area contributed by atoms with Crippen molar-refractivity contribution >= 4 is 11.6 Å². The maximum Gasteiger partial charge on any atom is 0.251 e. The van der Waals surface area contributed by atoms with Crippen LogP contribution in [0, 0.1) is 6.92 Å². The summed E-state index contributed by atoms with van der Waals surface area (Å²) in [4.78, 5) is 14.0. The molecular weight excluding hydrogens is 228 g/mol. The molecule has 100 valence electrons. The number of amides is 1. The van der Waals surface area contributed by atoms with Crippen LogP contribution in [0.5, 0.6) is 0 Å². The molecule has 0 fully saturated rings. The number of carbonyl (C=O) groups is 1. The third-order valence-corrected chi connectivity index (χ3v) is 2.96. The van der Waals surface area contributed by atoms with Crippen molar-refractivity contribution < 1.29 is 4.79 Å². The Kier molecular flexibility index (Phi) is 5.61.